The lowest BCUT2D eigenvalue weighted by atomic mass is 10.0. The number of benzene rings is 2. The first kappa shape index (κ1) is 20.2. The van der Waals surface area contributed by atoms with Crippen LogP contribution in [0.15, 0.2) is 69.9 Å². The molecule has 1 N–H and O–H groups in total. The van der Waals surface area contributed by atoms with E-state index in [1.54, 1.807) is 31.4 Å². The molecule has 5 rings (SSSR count). The van der Waals surface area contributed by atoms with E-state index in [0.29, 0.717) is 28.6 Å². The van der Waals surface area contributed by atoms with E-state index in [-0.39, 0.29) is 17.3 Å². The molecule has 164 valence electrons. The molecule has 2 aromatic carbocycles. The van der Waals surface area contributed by atoms with Crippen LogP contribution in [0.2, 0.25) is 0 Å². The summed E-state index contributed by atoms with van der Waals surface area (Å²) in [5, 5.41) is 11.3. The number of ketones is 1. The topological polar surface area (TPSA) is 79.3 Å². The molecule has 0 bridgehead atoms. The molecule has 7 nitrogen and oxygen atoms in total. The standard InChI is InChI=1S/C25H24N2O5/c1-30-18-5-2-4-17(14-18)27-11-9-26(10-12-27)15-19-21(28)7-8-22-24(19)20(16-32-22)25(29)23-6-3-13-31-23/h2-8,13-14,16,28H,9-12,15H2,1H3. The summed E-state index contributed by atoms with van der Waals surface area (Å²) in [7, 11) is 1.67. The fraction of sp³-hybridized carbons (Fsp3) is 0.240. The number of phenolic OH excluding ortho intramolecular Hbond substituents is 1. The lowest BCUT2D eigenvalue weighted by Crippen LogP contribution is -2.46. The van der Waals surface area contributed by atoms with Crippen molar-refractivity contribution in [2.75, 3.05) is 38.2 Å². The zero-order valence-electron chi connectivity index (χ0n) is 17.8. The van der Waals surface area contributed by atoms with Crippen LogP contribution in [0, 0.1) is 0 Å². The smallest absolute Gasteiger partial charge is 0.232 e. The molecule has 1 saturated heterocycles. The van der Waals surface area contributed by atoms with E-state index in [4.69, 9.17) is 13.6 Å². The molecule has 0 aliphatic carbocycles. The van der Waals surface area contributed by atoms with Crippen molar-refractivity contribution in [3.63, 3.8) is 0 Å². The third-order valence-corrected chi connectivity index (χ3v) is 5.99. The van der Waals surface area contributed by atoms with Crippen LogP contribution in [-0.2, 0) is 6.54 Å². The molecule has 0 saturated carbocycles. The Morgan fingerprint density at radius 1 is 1.06 bits per heavy atom. The van der Waals surface area contributed by atoms with Crippen LogP contribution in [0.5, 0.6) is 11.5 Å². The van der Waals surface area contributed by atoms with Gasteiger partial charge in [0, 0.05) is 55.4 Å². The van der Waals surface area contributed by atoms with Gasteiger partial charge in [-0.3, -0.25) is 9.69 Å². The number of rotatable bonds is 6. The van der Waals surface area contributed by atoms with Crippen molar-refractivity contribution in [1.29, 1.82) is 0 Å². The van der Waals surface area contributed by atoms with Gasteiger partial charge in [0.25, 0.3) is 0 Å². The van der Waals surface area contributed by atoms with Crippen LogP contribution in [-0.4, -0.2) is 49.1 Å². The maximum absolute atomic E-state index is 12.9. The van der Waals surface area contributed by atoms with Crippen molar-refractivity contribution >= 4 is 22.4 Å². The lowest BCUT2D eigenvalue weighted by Gasteiger charge is -2.36. The number of carbonyl (C=O) groups excluding carboxylic acids is 1. The average Bonchev–Trinajstić information content (AvgIpc) is 3.51. The SMILES string of the molecule is COc1cccc(N2CCN(Cc3c(O)ccc4occ(C(=O)c5ccco5)c34)CC2)c1. The fourth-order valence-electron chi connectivity index (χ4n) is 4.25. The normalized spacial score (nSPS) is 14.7. The molecule has 32 heavy (non-hydrogen) atoms. The molecule has 7 heteroatoms. The summed E-state index contributed by atoms with van der Waals surface area (Å²) < 4.78 is 16.3. The Kier molecular flexibility index (Phi) is 5.33. The molecule has 1 fully saturated rings. The van der Waals surface area contributed by atoms with Crippen LogP contribution in [0.3, 0.4) is 0 Å². The van der Waals surface area contributed by atoms with Gasteiger partial charge in [0.2, 0.25) is 5.78 Å². The number of ether oxygens (including phenoxy) is 1. The number of furan rings is 2. The largest absolute Gasteiger partial charge is 0.508 e. The third-order valence-electron chi connectivity index (χ3n) is 5.99. The summed E-state index contributed by atoms with van der Waals surface area (Å²) in [5.74, 6) is 0.982. The molecule has 0 radical (unpaired) electrons. The van der Waals surface area contributed by atoms with Gasteiger partial charge in [-0.05, 0) is 36.4 Å². The fourth-order valence-corrected chi connectivity index (χ4v) is 4.25. The molecule has 4 aromatic rings. The van der Waals surface area contributed by atoms with Crippen molar-refractivity contribution in [2.24, 2.45) is 0 Å². The van der Waals surface area contributed by atoms with Crippen molar-refractivity contribution in [2.45, 2.75) is 6.54 Å². The number of methoxy groups -OCH3 is 1. The zero-order chi connectivity index (χ0) is 22.1. The molecule has 3 heterocycles. The first-order valence-electron chi connectivity index (χ1n) is 10.6. The molecule has 1 aliphatic rings. The maximum atomic E-state index is 12.9. The highest BCUT2D eigenvalue weighted by molar-refractivity contribution is 6.15. The minimum absolute atomic E-state index is 0.155. The molecule has 0 atom stereocenters. The average molecular weight is 432 g/mol. The molecule has 0 spiro atoms. The van der Waals surface area contributed by atoms with Gasteiger partial charge in [-0.15, -0.1) is 0 Å². The number of hydrogen-bond donors (Lipinski definition) is 1. The zero-order valence-corrected chi connectivity index (χ0v) is 17.8. The van der Waals surface area contributed by atoms with Crippen molar-refractivity contribution in [3.8, 4) is 11.5 Å². The second-order valence-corrected chi connectivity index (χ2v) is 7.86. The third kappa shape index (κ3) is 3.71. The number of aromatic hydroxyl groups is 1. The van der Waals surface area contributed by atoms with E-state index < -0.39 is 0 Å². The van der Waals surface area contributed by atoms with E-state index in [1.807, 2.05) is 18.2 Å². The van der Waals surface area contributed by atoms with Gasteiger partial charge in [-0.2, -0.15) is 0 Å². The van der Waals surface area contributed by atoms with Crippen molar-refractivity contribution in [3.05, 3.63) is 77.9 Å². The van der Waals surface area contributed by atoms with E-state index in [9.17, 15) is 9.90 Å². The number of carbonyl (C=O) groups is 1. The summed E-state index contributed by atoms with van der Waals surface area (Å²) in [5.41, 5.74) is 2.80. The van der Waals surface area contributed by atoms with Crippen LogP contribution in [0.25, 0.3) is 11.0 Å². The molecule has 1 aliphatic heterocycles. The van der Waals surface area contributed by atoms with Gasteiger partial charge in [0.15, 0.2) is 5.76 Å². The second-order valence-electron chi connectivity index (χ2n) is 7.86. The van der Waals surface area contributed by atoms with Crippen molar-refractivity contribution < 1.29 is 23.5 Å². The second kappa shape index (κ2) is 8.43. The van der Waals surface area contributed by atoms with Crippen LogP contribution >= 0.6 is 0 Å². The number of anilines is 1. The summed E-state index contributed by atoms with van der Waals surface area (Å²) in [6.07, 6.45) is 2.91. The Hall–Kier alpha value is -3.71. The van der Waals surface area contributed by atoms with E-state index in [2.05, 4.69) is 15.9 Å². The van der Waals surface area contributed by atoms with Gasteiger partial charge in [-0.1, -0.05) is 6.07 Å². The minimum atomic E-state index is -0.261. The number of hydrogen-bond acceptors (Lipinski definition) is 7. The quantitative estimate of drug-likeness (QED) is 0.455. The van der Waals surface area contributed by atoms with Gasteiger partial charge >= 0.3 is 0 Å². The Bertz CT molecular complexity index is 1240. The number of nitrogens with zero attached hydrogens (tertiary/aromatic N) is 2. The van der Waals surface area contributed by atoms with Gasteiger partial charge < -0.3 is 23.6 Å². The summed E-state index contributed by atoms with van der Waals surface area (Å²) >= 11 is 0. The minimum Gasteiger partial charge on any atom is -0.508 e. The summed E-state index contributed by atoms with van der Waals surface area (Å²) in [6.45, 7) is 3.88. The van der Waals surface area contributed by atoms with E-state index >= 15 is 0 Å². The van der Waals surface area contributed by atoms with Crippen LogP contribution in [0.4, 0.5) is 5.69 Å². The first-order valence-corrected chi connectivity index (χ1v) is 10.6. The summed E-state index contributed by atoms with van der Waals surface area (Å²) in [6, 6.07) is 14.7. The maximum Gasteiger partial charge on any atom is 0.232 e. The monoisotopic (exact) mass is 432 g/mol. The molecule has 0 unspecified atom stereocenters. The lowest BCUT2D eigenvalue weighted by molar-refractivity contribution is 0.101. The van der Waals surface area contributed by atoms with Crippen LogP contribution in [0.1, 0.15) is 21.7 Å². The highest BCUT2D eigenvalue weighted by Gasteiger charge is 2.25. The molecule has 0 amide bonds. The molecular weight excluding hydrogens is 408 g/mol. The molecule has 2 aromatic heterocycles. The summed E-state index contributed by atoms with van der Waals surface area (Å²) in [4.78, 5) is 17.5. The van der Waals surface area contributed by atoms with Gasteiger partial charge in [0.05, 0.1) is 18.9 Å². The molecular formula is C25H24N2O5. The predicted molar refractivity (Wildman–Crippen MR) is 121 cm³/mol. The Morgan fingerprint density at radius 3 is 2.66 bits per heavy atom. The highest BCUT2D eigenvalue weighted by atomic mass is 16.5. The Morgan fingerprint density at radius 2 is 1.91 bits per heavy atom. The van der Waals surface area contributed by atoms with Crippen molar-refractivity contribution in [1.82, 2.24) is 4.90 Å². The van der Waals surface area contributed by atoms with Gasteiger partial charge in [-0.25, -0.2) is 0 Å². The number of piperazine rings is 1. The van der Waals surface area contributed by atoms with E-state index in [1.165, 1.54) is 12.5 Å². The van der Waals surface area contributed by atoms with E-state index in [0.717, 1.165) is 37.6 Å². The van der Waals surface area contributed by atoms with Gasteiger partial charge in [0.1, 0.15) is 23.3 Å². The number of fused-ring (bicyclic) bond motifs is 1. The Labute approximate surface area is 185 Å². The first-order chi connectivity index (χ1) is 15.6. The van der Waals surface area contributed by atoms with Crippen LogP contribution < -0.4 is 9.64 Å². The number of phenols is 1. The predicted octanol–water partition coefficient (Wildman–Crippen LogP) is 4.29. The highest BCUT2D eigenvalue weighted by Crippen LogP contribution is 2.34. The Balaban J connectivity index is 1.37.